The molecule has 6 nitrogen and oxygen atoms in total. The summed E-state index contributed by atoms with van der Waals surface area (Å²) in [5, 5.41) is 11.7. The van der Waals surface area contributed by atoms with Crippen molar-refractivity contribution in [2.45, 2.75) is 38.1 Å². The van der Waals surface area contributed by atoms with Crippen molar-refractivity contribution in [1.29, 1.82) is 0 Å². The van der Waals surface area contributed by atoms with E-state index in [4.69, 9.17) is 10.9 Å². The maximum atomic E-state index is 11.3. The highest BCUT2D eigenvalue weighted by Gasteiger charge is 2.40. The molecular weight excluding hydrogens is 230 g/mol. The van der Waals surface area contributed by atoms with Crippen LogP contribution in [0.25, 0.3) is 0 Å². The van der Waals surface area contributed by atoms with Gasteiger partial charge in [-0.15, -0.1) is 0 Å². The van der Waals surface area contributed by atoms with Crippen LogP contribution in [0.2, 0.25) is 0 Å². The fourth-order valence-corrected chi connectivity index (χ4v) is 3.13. The first-order valence-corrected chi connectivity index (χ1v) is 7.15. The molecule has 1 aliphatic rings. The molecule has 16 heavy (non-hydrogen) atoms. The minimum atomic E-state index is -3.38. The van der Waals surface area contributed by atoms with Crippen molar-refractivity contribution in [2.75, 3.05) is 6.26 Å². The highest BCUT2D eigenvalue weighted by atomic mass is 32.2. The van der Waals surface area contributed by atoms with Gasteiger partial charge in [0.1, 0.15) is 0 Å². The Morgan fingerprint density at radius 3 is 2.38 bits per heavy atom. The fourth-order valence-electron chi connectivity index (χ4n) is 2.12. The third-order valence-electron chi connectivity index (χ3n) is 3.11. The lowest BCUT2D eigenvalue weighted by Crippen LogP contribution is -2.58. The number of hydrogen-bond donors (Lipinski definition) is 3. The molecule has 1 saturated carbocycles. The molecule has 94 valence electrons. The van der Waals surface area contributed by atoms with E-state index in [1.54, 1.807) is 0 Å². The summed E-state index contributed by atoms with van der Waals surface area (Å²) in [5.41, 5.74) is 4.70. The van der Waals surface area contributed by atoms with Crippen LogP contribution in [0.4, 0.5) is 0 Å². The lowest BCUT2D eigenvalue weighted by atomic mass is 9.77. The van der Waals surface area contributed by atoms with E-state index in [1.807, 2.05) is 0 Å². The standard InChI is InChI=1S/C9H19N3O3S/c1-7-3-5-9(6-4-7,8(10)11-13)12-16(2,14)15/h7,12-13H,3-6H2,1-2H3,(H2,10,11). The van der Waals surface area contributed by atoms with Crippen molar-refractivity contribution in [3.63, 3.8) is 0 Å². The van der Waals surface area contributed by atoms with E-state index in [0.717, 1.165) is 19.1 Å². The van der Waals surface area contributed by atoms with E-state index >= 15 is 0 Å². The van der Waals surface area contributed by atoms with E-state index < -0.39 is 15.6 Å². The minimum Gasteiger partial charge on any atom is -0.409 e. The molecule has 0 saturated heterocycles. The summed E-state index contributed by atoms with van der Waals surface area (Å²) in [6, 6.07) is 0. The molecule has 7 heteroatoms. The average Bonchev–Trinajstić information content (AvgIpc) is 2.18. The van der Waals surface area contributed by atoms with Crippen molar-refractivity contribution >= 4 is 15.9 Å². The van der Waals surface area contributed by atoms with Crippen LogP contribution >= 0.6 is 0 Å². The minimum absolute atomic E-state index is 0.0511. The van der Waals surface area contributed by atoms with Gasteiger partial charge in [-0.3, -0.25) is 0 Å². The maximum absolute atomic E-state index is 11.3. The van der Waals surface area contributed by atoms with Crippen molar-refractivity contribution in [3.05, 3.63) is 0 Å². The first-order valence-electron chi connectivity index (χ1n) is 5.26. The molecule has 0 aliphatic heterocycles. The van der Waals surface area contributed by atoms with Gasteiger partial charge in [0.2, 0.25) is 10.0 Å². The summed E-state index contributed by atoms with van der Waals surface area (Å²) < 4.78 is 25.1. The van der Waals surface area contributed by atoms with Crippen LogP contribution in [0.5, 0.6) is 0 Å². The monoisotopic (exact) mass is 249 g/mol. The second-order valence-corrected chi connectivity index (χ2v) is 6.37. The van der Waals surface area contributed by atoms with E-state index in [-0.39, 0.29) is 5.84 Å². The zero-order chi connectivity index (χ0) is 12.4. The molecule has 0 aromatic carbocycles. The Hall–Kier alpha value is -0.820. The largest absolute Gasteiger partial charge is 0.409 e. The Bertz CT molecular complexity index is 369. The Morgan fingerprint density at radius 1 is 1.50 bits per heavy atom. The van der Waals surface area contributed by atoms with Gasteiger partial charge in [-0.05, 0) is 31.6 Å². The van der Waals surface area contributed by atoms with Crippen LogP contribution in [0, 0.1) is 5.92 Å². The normalized spacial score (nSPS) is 32.6. The first kappa shape index (κ1) is 13.2. The number of oxime groups is 1. The molecule has 0 heterocycles. The number of hydrogen-bond acceptors (Lipinski definition) is 4. The van der Waals surface area contributed by atoms with Gasteiger partial charge in [0.25, 0.3) is 0 Å². The third-order valence-corrected chi connectivity index (χ3v) is 3.87. The molecule has 1 fully saturated rings. The molecule has 4 N–H and O–H groups in total. The number of rotatable bonds is 3. The quantitative estimate of drug-likeness (QED) is 0.288. The Kier molecular flexibility index (Phi) is 3.80. The zero-order valence-corrected chi connectivity index (χ0v) is 10.4. The summed E-state index contributed by atoms with van der Waals surface area (Å²) in [6.45, 7) is 2.11. The smallest absolute Gasteiger partial charge is 0.209 e. The highest BCUT2D eigenvalue weighted by Crippen LogP contribution is 2.32. The number of sulfonamides is 1. The van der Waals surface area contributed by atoms with Crippen LogP contribution in [-0.4, -0.2) is 31.3 Å². The van der Waals surface area contributed by atoms with E-state index in [9.17, 15) is 8.42 Å². The van der Waals surface area contributed by atoms with Gasteiger partial charge in [-0.25, -0.2) is 13.1 Å². The molecule has 0 radical (unpaired) electrons. The number of nitrogens with two attached hydrogens (primary N) is 1. The molecule has 1 aliphatic carbocycles. The molecule has 1 rings (SSSR count). The summed E-state index contributed by atoms with van der Waals surface area (Å²) >= 11 is 0. The van der Waals surface area contributed by atoms with Crippen LogP contribution in [0.1, 0.15) is 32.6 Å². The molecule has 0 amide bonds. The first-order chi connectivity index (χ1) is 7.29. The van der Waals surface area contributed by atoms with Crippen molar-refractivity contribution < 1.29 is 13.6 Å². The van der Waals surface area contributed by atoms with Gasteiger partial charge in [0, 0.05) is 0 Å². The predicted octanol–water partition coefficient (Wildman–Crippen LogP) is 0.231. The summed E-state index contributed by atoms with van der Waals surface area (Å²) in [6.07, 6.45) is 3.93. The zero-order valence-electron chi connectivity index (χ0n) is 9.60. The molecular formula is C9H19N3O3S. The molecule has 0 atom stereocenters. The Balaban J connectivity index is 2.95. The van der Waals surface area contributed by atoms with E-state index in [2.05, 4.69) is 16.8 Å². The van der Waals surface area contributed by atoms with Gasteiger partial charge in [-0.1, -0.05) is 12.1 Å². The van der Waals surface area contributed by atoms with Gasteiger partial charge >= 0.3 is 0 Å². The predicted molar refractivity (Wildman–Crippen MR) is 61.8 cm³/mol. The Morgan fingerprint density at radius 2 is 2.00 bits per heavy atom. The van der Waals surface area contributed by atoms with Crippen molar-refractivity contribution in [2.24, 2.45) is 16.8 Å². The molecule has 0 spiro atoms. The number of amidine groups is 1. The van der Waals surface area contributed by atoms with Crippen molar-refractivity contribution in [3.8, 4) is 0 Å². The van der Waals surface area contributed by atoms with E-state index in [0.29, 0.717) is 18.8 Å². The summed E-state index contributed by atoms with van der Waals surface area (Å²) in [7, 11) is -3.38. The lowest BCUT2D eigenvalue weighted by molar-refractivity contribution is 0.267. The average molecular weight is 249 g/mol. The highest BCUT2D eigenvalue weighted by molar-refractivity contribution is 7.88. The SMILES string of the molecule is CC1CCC(NS(C)(=O)=O)(/C(N)=N/O)CC1. The van der Waals surface area contributed by atoms with Crippen LogP contribution in [-0.2, 0) is 10.0 Å². The fraction of sp³-hybridized carbons (Fsp3) is 0.889. The second-order valence-electron chi connectivity index (χ2n) is 4.62. The number of nitrogens with one attached hydrogen (secondary N) is 1. The third kappa shape index (κ3) is 3.08. The van der Waals surface area contributed by atoms with E-state index in [1.165, 1.54) is 0 Å². The van der Waals surface area contributed by atoms with Crippen LogP contribution < -0.4 is 10.5 Å². The van der Waals surface area contributed by atoms with Crippen LogP contribution in [0.3, 0.4) is 0 Å². The molecule has 0 bridgehead atoms. The molecule has 0 unspecified atom stereocenters. The summed E-state index contributed by atoms with van der Waals surface area (Å²) in [4.78, 5) is 0. The van der Waals surface area contributed by atoms with Gasteiger partial charge in [0.05, 0.1) is 11.8 Å². The van der Waals surface area contributed by atoms with Gasteiger partial charge in [-0.2, -0.15) is 0 Å². The Labute approximate surface area is 95.9 Å². The topological polar surface area (TPSA) is 105 Å². The van der Waals surface area contributed by atoms with Gasteiger partial charge < -0.3 is 10.9 Å². The maximum Gasteiger partial charge on any atom is 0.209 e. The van der Waals surface area contributed by atoms with Crippen molar-refractivity contribution in [1.82, 2.24) is 4.72 Å². The number of nitrogens with zero attached hydrogens (tertiary/aromatic N) is 1. The molecule has 0 aromatic rings. The summed E-state index contributed by atoms with van der Waals surface area (Å²) in [5.74, 6) is 0.491. The molecule has 0 aromatic heterocycles. The second kappa shape index (κ2) is 4.58. The van der Waals surface area contributed by atoms with Crippen LogP contribution in [0.15, 0.2) is 5.16 Å². The van der Waals surface area contributed by atoms with Gasteiger partial charge in [0.15, 0.2) is 5.84 Å². The lowest BCUT2D eigenvalue weighted by Gasteiger charge is -2.38.